The molecule has 7 atom stereocenters. The highest BCUT2D eigenvalue weighted by Crippen LogP contribution is 2.60. The van der Waals surface area contributed by atoms with E-state index in [1.54, 1.807) is 24.3 Å². The monoisotopic (exact) mass is 632 g/mol. The van der Waals surface area contributed by atoms with Gasteiger partial charge in [0.1, 0.15) is 6.04 Å². The number of likely N-dealkylation sites (tertiary alicyclic amines) is 1. The van der Waals surface area contributed by atoms with E-state index in [-0.39, 0.29) is 51.0 Å². The van der Waals surface area contributed by atoms with Gasteiger partial charge in [0, 0.05) is 33.8 Å². The topological polar surface area (TPSA) is 124 Å². The summed E-state index contributed by atoms with van der Waals surface area (Å²) in [4.78, 5) is 64.5. The minimum Gasteiger partial charge on any atom is -0.456 e. The van der Waals surface area contributed by atoms with Crippen molar-refractivity contribution in [1.82, 2.24) is 4.90 Å². The standard InChI is InChI=1S/C26H22Br2N2O7/c27-22-16-11-17(23(22)28)21-20(16)24(32)29(25(21)33)18(10-13-4-2-1-3-5-13)26(34)37-12-19(31)14-6-8-15(9-7-14)30(35)36/h1-9,16-18,20-23H,10-12H2. The number of ether oxygens (including phenoxy) is 1. The van der Waals surface area contributed by atoms with Gasteiger partial charge < -0.3 is 4.74 Å². The minimum atomic E-state index is -1.21. The van der Waals surface area contributed by atoms with Crippen LogP contribution in [-0.4, -0.2) is 55.7 Å². The Labute approximate surface area is 228 Å². The molecule has 0 spiro atoms. The molecule has 7 unspecified atom stereocenters. The molecule has 0 radical (unpaired) electrons. The van der Waals surface area contributed by atoms with E-state index in [1.165, 1.54) is 24.3 Å². The van der Waals surface area contributed by atoms with Crippen molar-refractivity contribution < 1.29 is 28.8 Å². The van der Waals surface area contributed by atoms with Crippen LogP contribution in [0, 0.1) is 33.8 Å². The van der Waals surface area contributed by atoms with E-state index in [4.69, 9.17) is 4.74 Å². The Morgan fingerprint density at radius 1 is 0.973 bits per heavy atom. The van der Waals surface area contributed by atoms with Crippen LogP contribution < -0.4 is 0 Å². The fourth-order valence-corrected chi connectivity index (χ4v) is 7.76. The molecule has 192 valence electrons. The Hall–Kier alpha value is -2.92. The van der Waals surface area contributed by atoms with Gasteiger partial charge in [-0.3, -0.25) is 29.4 Å². The van der Waals surface area contributed by atoms with Crippen molar-refractivity contribution in [2.75, 3.05) is 6.61 Å². The Balaban J connectivity index is 1.36. The van der Waals surface area contributed by atoms with Crippen molar-refractivity contribution in [3.05, 3.63) is 75.8 Å². The average Bonchev–Trinajstić information content (AvgIpc) is 3.51. The number of non-ortho nitro benzene ring substituents is 1. The zero-order valence-corrected chi connectivity index (χ0v) is 22.5. The Morgan fingerprint density at radius 2 is 1.54 bits per heavy atom. The van der Waals surface area contributed by atoms with Crippen molar-refractivity contribution in [1.29, 1.82) is 0 Å². The highest BCUT2D eigenvalue weighted by molar-refractivity contribution is 9.12. The van der Waals surface area contributed by atoms with E-state index in [1.807, 2.05) is 6.07 Å². The number of imide groups is 1. The number of ketones is 1. The van der Waals surface area contributed by atoms with Crippen molar-refractivity contribution in [2.45, 2.75) is 28.5 Å². The molecule has 0 aromatic heterocycles. The SMILES string of the molecule is O=C(COC(=O)C(Cc1ccccc1)N1C(=O)C2C3CC(C(Br)C3Br)C2C1=O)c1ccc([N+](=O)[O-])cc1. The second kappa shape index (κ2) is 10.1. The second-order valence-electron chi connectivity index (χ2n) is 9.59. The van der Waals surface area contributed by atoms with Gasteiger partial charge in [-0.1, -0.05) is 62.2 Å². The third-order valence-corrected chi connectivity index (χ3v) is 10.8. The van der Waals surface area contributed by atoms with Gasteiger partial charge in [0.2, 0.25) is 11.8 Å². The maximum absolute atomic E-state index is 13.6. The van der Waals surface area contributed by atoms with E-state index >= 15 is 0 Å². The Morgan fingerprint density at radius 3 is 2.08 bits per heavy atom. The van der Waals surface area contributed by atoms with Crippen molar-refractivity contribution in [3.63, 3.8) is 0 Å². The molecular weight excluding hydrogens is 612 g/mol. The molecule has 1 aliphatic heterocycles. The number of carbonyl (C=O) groups is 4. The van der Waals surface area contributed by atoms with Gasteiger partial charge >= 0.3 is 5.97 Å². The number of esters is 1. The first kappa shape index (κ1) is 25.7. The number of fused-ring (bicyclic) bond motifs is 5. The molecule has 3 aliphatic rings. The number of nitro groups is 1. The predicted molar refractivity (Wildman–Crippen MR) is 138 cm³/mol. The lowest BCUT2D eigenvalue weighted by Crippen LogP contribution is -2.48. The van der Waals surface area contributed by atoms with Crippen LogP contribution in [-0.2, 0) is 25.5 Å². The van der Waals surface area contributed by atoms with Crippen LogP contribution in [0.15, 0.2) is 54.6 Å². The number of benzene rings is 2. The maximum atomic E-state index is 13.6. The highest BCUT2D eigenvalue weighted by Gasteiger charge is 2.67. The van der Waals surface area contributed by atoms with Crippen LogP contribution >= 0.6 is 31.9 Å². The summed E-state index contributed by atoms with van der Waals surface area (Å²) in [5.74, 6) is -3.11. The van der Waals surface area contributed by atoms with E-state index in [0.29, 0.717) is 0 Å². The number of nitro benzene ring substituents is 1. The van der Waals surface area contributed by atoms with Gasteiger partial charge in [0.25, 0.3) is 5.69 Å². The highest BCUT2D eigenvalue weighted by atomic mass is 79.9. The van der Waals surface area contributed by atoms with E-state index < -0.39 is 41.2 Å². The number of Topliss-reactive ketones (excluding diaryl/α,β-unsaturated/α-hetero) is 1. The first-order valence-corrected chi connectivity index (χ1v) is 13.7. The Bertz CT molecular complexity index is 1240. The summed E-state index contributed by atoms with van der Waals surface area (Å²) in [6.45, 7) is -0.622. The van der Waals surface area contributed by atoms with Crippen LogP contribution in [0.4, 0.5) is 5.69 Å². The normalized spacial score (nSPS) is 28.8. The van der Waals surface area contributed by atoms with Crippen LogP contribution in [0.2, 0.25) is 0 Å². The number of hydrogen-bond acceptors (Lipinski definition) is 7. The summed E-state index contributed by atoms with van der Waals surface area (Å²) in [7, 11) is 0. The molecule has 2 aromatic carbocycles. The maximum Gasteiger partial charge on any atom is 0.330 e. The zero-order valence-electron chi connectivity index (χ0n) is 19.4. The van der Waals surface area contributed by atoms with Gasteiger partial charge in [-0.15, -0.1) is 0 Å². The summed E-state index contributed by atoms with van der Waals surface area (Å²) in [5.41, 5.74) is 0.714. The first-order valence-electron chi connectivity index (χ1n) is 11.8. The third kappa shape index (κ3) is 4.52. The number of halogens is 2. The van der Waals surface area contributed by atoms with Crippen molar-refractivity contribution >= 4 is 61.1 Å². The molecule has 2 aromatic rings. The number of carbonyl (C=O) groups excluding carboxylic acids is 4. The second-order valence-corrected chi connectivity index (χ2v) is 11.7. The number of nitrogens with zero attached hydrogens (tertiary/aromatic N) is 2. The molecular formula is C26H22Br2N2O7. The van der Waals surface area contributed by atoms with Gasteiger partial charge in [0.05, 0.1) is 16.8 Å². The van der Waals surface area contributed by atoms with Gasteiger partial charge in [0.15, 0.2) is 12.4 Å². The lowest BCUT2D eigenvalue weighted by Gasteiger charge is -2.28. The van der Waals surface area contributed by atoms with Crippen LogP contribution in [0.1, 0.15) is 22.3 Å². The van der Waals surface area contributed by atoms with Crippen LogP contribution in [0.25, 0.3) is 0 Å². The quantitative estimate of drug-likeness (QED) is 0.108. The van der Waals surface area contributed by atoms with Crippen molar-refractivity contribution in [3.8, 4) is 0 Å². The summed E-state index contributed by atoms with van der Waals surface area (Å²) >= 11 is 7.33. The minimum absolute atomic E-state index is 0.00191. The van der Waals surface area contributed by atoms with E-state index in [2.05, 4.69) is 31.9 Å². The van der Waals surface area contributed by atoms with Gasteiger partial charge in [-0.05, 0) is 36.0 Å². The lowest BCUT2D eigenvalue weighted by molar-refractivity contribution is -0.384. The fourth-order valence-electron chi connectivity index (χ4n) is 5.88. The van der Waals surface area contributed by atoms with E-state index in [9.17, 15) is 29.3 Å². The molecule has 0 N–H and O–H groups in total. The smallest absolute Gasteiger partial charge is 0.330 e. The Kier molecular flexibility index (Phi) is 7.01. The number of hydrogen-bond donors (Lipinski definition) is 0. The number of rotatable bonds is 8. The zero-order chi connectivity index (χ0) is 26.4. The summed E-state index contributed by atoms with van der Waals surface area (Å²) in [6.07, 6.45) is 0.831. The van der Waals surface area contributed by atoms with Gasteiger partial charge in [-0.2, -0.15) is 0 Å². The molecule has 5 rings (SSSR count). The van der Waals surface area contributed by atoms with Crippen LogP contribution in [0.3, 0.4) is 0 Å². The summed E-state index contributed by atoms with van der Waals surface area (Å²) in [5, 5.41) is 10.8. The predicted octanol–water partition coefficient (Wildman–Crippen LogP) is 3.71. The first-order chi connectivity index (χ1) is 17.7. The molecule has 3 fully saturated rings. The molecule has 1 heterocycles. The molecule has 2 saturated carbocycles. The molecule has 37 heavy (non-hydrogen) atoms. The molecule has 1 saturated heterocycles. The number of alkyl halides is 2. The molecule has 11 heteroatoms. The fraction of sp³-hybridized carbons (Fsp3) is 0.385. The molecule has 2 aliphatic carbocycles. The lowest BCUT2D eigenvalue weighted by atomic mass is 9.81. The number of amides is 2. The van der Waals surface area contributed by atoms with Crippen molar-refractivity contribution in [2.24, 2.45) is 23.7 Å². The molecule has 9 nitrogen and oxygen atoms in total. The van der Waals surface area contributed by atoms with E-state index in [0.717, 1.165) is 16.9 Å². The van der Waals surface area contributed by atoms with Crippen LogP contribution in [0.5, 0.6) is 0 Å². The summed E-state index contributed by atoms with van der Waals surface area (Å²) < 4.78 is 5.33. The largest absolute Gasteiger partial charge is 0.456 e. The average molecular weight is 634 g/mol. The van der Waals surface area contributed by atoms with Gasteiger partial charge in [-0.25, -0.2) is 4.79 Å². The summed E-state index contributed by atoms with van der Waals surface area (Å²) in [6, 6.07) is 12.7. The molecule has 2 bridgehead atoms. The molecule has 2 amide bonds. The third-order valence-electron chi connectivity index (χ3n) is 7.62.